The quantitative estimate of drug-likeness (QED) is 0.372. The van der Waals surface area contributed by atoms with Gasteiger partial charge in [0.2, 0.25) is 0 Å². The Morgan fingerprint density at radius 1 is 0.610 bits per heavy atom. The van der Waals surface area contributed by atoms with Crippen LogP contribution in [0.3, 0.4) is 0 Å². The lowest BCUT2D eigenvalue weighted by molar-refractivity contribution is 0.0930. The van der Waals surface area contributed by atoms with Gasteiger partial charge in [-0.25, -0.2) is 4.79 Å². The van der Waals surface area contributed by atoms with Crippen LogP contribution < -0.4 is 5.32 Å². The van der Waals surface area contributed by atoms with Crippen molar-refractivity contribution < 1.29 is 9.90 Å². The van der Waals surface area contributed by atoms with Gasteiger partial charge in [0.25, 0.3) is 0 Å². The highest BCUT2D eigenvalue weighted by Crippen LogP contribution is 2.29. The molecule has 4 aromatic heterocycles. The topological polar surface area (TPSA) is 111 Å². The standard InChI is InChI=1S/C16H18N4O2.C15H18N4/c21-16(22)20-9-7-19(8-10-20)15(13-3-1-5-17-11-13)14-4-2-6-18-12-14;1-3-13(11-17-5-1)15(14-4-2-6-18-12-14)19-9-7-16-8-10-19/h1-6,11-12,15H,7-10H2,(H,21,22);1-6,11-12,15-16H,7-10H2. The molecular formula is C31H36N8O2. The van der Waals surface area contributed by atoms with Gasteiger partial charge >= 0.3 is 6.09 Å². The predicted octanol–water partition coefficient (Wildman–Crippen LogP) is 3.33. The molecule has 6 heterocycles. The van der Waals surface area contributed by atoms with Crippen LogP contribution >= 0.6 is 0 Å². The highest BCUT2D eigenvalue weighted by atomic mass is 16.4. The number of carbonyl (C=O) groups is 1. The summed E-state index contributed by atoms with van der Waals surface area (Å²) in [6.45, 7) is 6.61. The van der Waals surface area contributed by atoms with E-state index in [1.54, 1.807) is 12.4 Å². The fourth-order valence-electron chi connectivity index (χ4n) is 5.49. The van der Waals surface area contributed by atoms with Crippen molar-refractivity contribution in [2.75, 3.05) is 52.4 Å². The molecule has 10 nitrogen and oxygen atoms in total. The minimum absolute atomic E-state index is 0.0540. The molecule has 1 amide bonds. The van der Waals surface area contributed by atoms with Crippen molar-refractivity contribution in [3.8, 4) is 0 Å². The molecule has 0 radical (unpaired) electrons. The summed E-state index contributed by atoms with van der Waals surface area (Å²) in [6, 6.07) is 16.5. The molecule has 2 N–H and O–H groups in total. The van der Waals surface area contributed by atoms with E-state index in [-0.39, 0.29) is 12.1 Å². The molecule has 2 aliphatic heterocycles. The van der Waals surface area contributed by atoms with E-state index in [1.165, 1.54) is 16.0 Å². The maximum absolute atomic E-state index is 11.1. The number of nitrogens with zero attached hydrogens (tertiary/aromatic N) is 7. The van der Waals surface area contributed by atoms with E-state index >= 15 is 0 Å². The molecule has 0 bridgehead atoms. The van der Waals surface area contributed by atoms with Gasteiger partial charge in [-0.1, -0.05) is 24.3 Å². The Kier molecular flexibility index (Phi) is 9.94. The number of nitrogens with one attached hydrogen (secondary N) is 1. The van der Waals surface area contributed by atoms with Gasteiger partial charge in [-0.3, -0.25) is 29.7 Å². The lowest BCUT2D eigenvalue weighted by Gasteiger charge is -2.38. The summed E-state index contributed by atoms with van der Waals surface area (Å²) in [5.41, 5.74) is 4.66. The minimum Gasteiger partial charge on any atom is -0.465 e. The highest BCUT2D eigenvalue weighted by Gasteiger charge is 2.28. The molecule has 0 aliphatic carbocycles. The molecule has 0 unspecified atom stereocenters. The summed E-state index contributed by atoms with van der Waals surface area (Å²) in [5.74, 6) is 0. The number of pyridine rings is 4. The lowest BCUT2D eigenvalue weighted by atomic mass is 9.99. The largest absolute Gasteiger partial charge is 0.465 e. The number of amides is 1. The third kappa shape index (κ3) is 7.49. The summed E-state index contributed by atoms with van der Waals surface area (Å²) in [4.78, 5) is 34.3. The maximum Gasteiger partial charge on any atom is 0.407 e. The van der Waals surface area contributed by atoms with Crippen molar-refractivity contribution >= 4 is 6.09 Å². The van der Waals surface area contributed by atoms with Crippen molar-refractivity contribution in [1.82, 2.24) is 40.0 Å². The van der Waals surface area contributed by atoms with E-state index in [2.05, 4.69) is 47.2 Å². The summed E-state index contributed by atoms with van der Waals surface area (Å²) in [6.07, 6.45) is 13.9. The van der Waals surface area contributed by atoms with Crippen molar-refractivity contribution in [2.45, 2.75) is 12.1 Å². The average molecular weight is 553 g/mol. The lowest BCUT2D eigenvalue weighted by Crippen LogP contribution is -2.49. The van der Waals surface area contributed by atoms with Crippen LogP contribution in [0.1, 0.15) is 34.3 Å². The molecule has 0 atom stereocenters. The van der Waals surface area contributed by atoms with Crippen LogP contribution in [0.4, 0.5) is 4.79 Å². The van der Waals surface area contributed by atoms with E-state index in [4.69, 9.17) is 5.11 Å². The Bertz CT molecular complexity index is 1240. The summed E-state index contributed by atoms with van der Waals surface area (Å²) in [7, 11) is 0. The third-order valence-electron chi connectivity index (χ3n) is 7.47. The number of hydrogen-bond acceptors (Lipinski definition) is 8. The number of piperazine rings is 2. The Labute approximate surface area is 240 Å². The van der Waals surface area contributed by atoms with Crippen LogP contribution in [0, 0.1) is 0 Å². The molecule has 6 rings (SSSR count). The first-order valence-corrected chi connectivity index (χ1v) is 14.0. The van der Waals surface area contributed by atoms with Crippen molar-refractivity contribution in [1.29, 1.82) is 0 Å². The molecule has 4 aromatic rings. The first kappa shape index (κ1) is 28.3. The van der Waals surface area contributed by atoms with Crippen LogP contribution in [0.25, 0.3) is 0 Å². The zero-order valence-electron chi connectivity index (χ0n) is 23.0. The van der Waals surface area contributed by atoms with Gasteiger partial charge in [-0.2, -0.15) is 0 Å². The molecule has 2 saturated heterocycles. The summed E-state index contributed by atoms with van der Waals surface area (Å²) in [5, 5.41) is 12.5. The Balaban J connectivity index is 0.000000166. The second-order valence-electron chi connectivity index (χ2n) is 10.0. The first-order chi connectivity index (χ1) is 20.2. The monoisotopic (exact) mass is 552 g/mol. The number of aromatic nitrogens is 4. The second-order valence-corrected chi connectivity index (χ2v) is 10.0. The maximum atomic E-state index is 11.1. The van der Waals surface area contributed by atoms with Crippen molar-refractivity contribution in [2.24, 2.45) is 0 Å². The fourth-order valence-corrected chi connectivity index (χ4v) is 5.49. The fraction of sp³-hybridized carbons (Fsp3) is 0.323. The Morgan fingerprint density at radius 3 is 1.29 bits per heavy atom. The van der Waals surface area contributed by atoms with Crippen molar-refractivity contribution in [3.63, 3.8) is 0 Å². The highest BCUT2D eigenvalue weighted by molar-refractivity contribution is 5.65. The van der Waals surface area contributed by atoms with Gasteiger partial charge < -0.3 is 15.3 Å². The molecule has 2 aliphatic rings. The van der Waals surface area contributed by atoms with E-state index in [0.29, 0.717) is 26.2 Å². The Morgan fingerprint density at radius 2 is 0.976 bits per heavy atom. The first-order valence-electron chi connectivity index (χ1n) is 14.0. The Hall–Kier alpha value is -4.25. The smallest absolute Gasteiger partial charge is 0.407 e. The van der Waals surface area contributed by atoms with E-state index < -0.39 is 6.09 Å². The van der Waals surface area contributed by atoms with E-state index in [1.807, 2.05) is 73.6 Å². The van der Waals surface area contributed by atoms with E-state index in [9.17, 15) is 4.79 Å². The SMILES string of the molecule is O=C(O)N1CCN(C(c2cccnc2)c2cccnc2)CC1.c1cncc(C(c2cccnc2)N2CCNCC2)c1. The number of hydrogen-bond donors (Lipinski definition) is 2. The molecule has 41 heavy (non-hydrogen) atoms. The van der Waals surface area contributed by atoms with Gasteiger partial charge in [0, 0.05) is 102 Å². The van der Waals surface area contributed by atoms with Crippen molar-refractivity contribution in [3.05, 3.63) is 120 Å². The molecular weight excluding hydrogens is 516 g/mol. The van der Waals surface area contributed by atoms with Crippen LogP contribution in [-0.4, -0.2) is 98.2 Å². The number of carboxylic acid groups (broad SMARTS) is 1. The van der Waals surface area contributed by atoms with Gasteiger partial charge in [-0.15, -0.1) is 0 Å². The van der Waals surface area contributed by atoms with Crippen LogP contribution in [0.15, 0.2) is 98.1 Å². The molecule has 212 valence electrons. The van der Waals surface area contributed by atoms with Crippen LogP contribution in [-0.2, 0) is 0 Å². The molecule has 0 saturated carbocycles. The zero-order valence-corrected chi connectivity index (χ0v) is 23.0. The molecule has 10 heteroatoms. The normalized spacial score (nSPS) is 16.3. The minimum atomic E-state index is -0.848. The molecule has 2 fully saturated rings. The van der Waals surface area contributed by atoms with Crippen LogP contribution in [0.5, 0.6) is 0 Å². The zero-order chi connectivity index (χ0) is 28.3. The molecule has 0 spiro atoms. The summed E-state index contributed by atoms with van der Waals surface area (Å²) >= 11 is 0. The van der Waals surface area contributed by atoms with Gasteiger partial charge in [0.1, 0.15) is 0 Å². The predicted molar refractivity (Wildman–Crippen MR) is 156 cm³/mol. The number of rotatable bonds is 6. The summed E-state index contributed by atoms with van der Waals surface area (Å²) < 4.78 is 0. The van der Waals surface area contributed by atoms with E-state index in [0.717, 1.165) is 37.3 Å². The van der Waals surface area contributed by atoms with Gasteiger partial charge in [0.15, 0.2) is 0 Å². The average Bonchev–Trinajstić information content (AvgIpc) is 3.05. The third-order valence-corrected chi connectivity index (χ3v) is 7.47. The van der Waals surface area contributed by atoms with Gasteiger partial charge in [-0.05, 0) is 46.5 Å². The van der Waals surface area contributed by atoms with Gasteiger partial charge in [0.05, 0.1) is 12.1 Å². The second kappa shape index (κ2) is 14.4. The molecule has 0 aromatic carbocycles. The van der Waals surface area contributed by atoms with Crippen LogP contribution in [0.2, 0.25) is 0 Å².